The number of hydrogen-bond acceptors (Lipinski definition) is 3. The van der Waals surface area contributed by atoms with Crippen molar-refractivity contribution < 1.29 is 14.7 Å². The molecule has 0 saturated carbocycles. The van der Waals surface area contributed by atoms with E-state index < -0.39 is 11.4 Å². The molecule has 1 amide bonds. The van der Waals surface area contributed by atoms with Crippen LogP contribution in [0.4, 0.5) is 0 Å². The van der Waals surface area contributed by atoms with Crippen molar-refractivity contribution in [2.75, 3.05) is 13.1 Å². The molecule has 1 unspecified atom stereocenters. The number of carboxylic acids is 1. The van der Waals surface area contributed by atoms with Crippen LogP contribution in [0.2, 0.25) is 0 Å². The summed E-state index contributed by atoms with van der Waals surface area (Å²) in [7, 11) is 0. The number of hydrogen-bond donors (Lipinski definition) is 1. The van der Waals surface area contributed by atoms with E-state index in [1.54, 1.807) is 36.1 Å². The molecule has 21 heavy (non-hydrogen) atoms. The third-order valence-electron chi connectivity index (χ3n) is 3.98. The van der Waals surface area contributed by atoms with E-state index in [1.165, 1.54) is 0 Å². The van der Waals surface area contributed by atoms with Crippen LogP contribution >= 0.6 is 0 Å². The molecule has 1 fully saturated rings. The van der Waals surface area contributed by atoms with Crippen LogP contribution in [-0.4, -0.2) is 35.0 Å². The number of carboxylic acid groups (broad SMARTS) is 1. The quantitative estimate of drug-likeness (QED) is 0.922. The predicted molar refractivity (Wildman–Crippen MR) is 76.6 cm³/mol. The van der Waals surface area contributed by atoms with Crippen LogP contribution in [0.5, 0.6) is 0 Å². The largest absolute Gasteiger partial charge is 0.481 e. The van der Waals surface area contributed by atoms with Crippen molar-refractivity contribution in [3.63, 3.8) is 0 Å². The van der Waals surface area contributed by atoms with E-state index in [9.17, 15) is 14.7 Å². The summed E-state index contributed by atoms with van der Waals surface area (Å²) in [6, 6.07) is 8.97. The molecule has 1 heterocycles. The summed E-state index contributed by atoms with van der Waals surface area (Å²) in [6.07, 6.45) is 1.60. The molecule has 2 rings (SSSR count). The second kappa shape index (κ2) is 5.96. The fourth-order valence-corrected chi connectivity index (χ4v) is 2.63. The fraction of sp³-hybridized carbons (Fsp3) is 0.438. The first-order chi connectivity index (χ1) is 9.96. The maximum atomic E-state index is 12.4. The zero-order chi connectivity index (χ0) is 15.5. The Kier molecular flexibility index (Phi) is 4.27. The summed E-state index contributed by atoms with van der Waals surface area (Å²) in [4.78, 5) is 25.4. The lowest BCUT2D eigenvalue weighted by atomic mass is 9.82. The molecule has 1 atom stereocenters. The Balaban J connectivity index is 2.12. The molecule has 1 N–H and O–H groups in total. The number of likely N-dealkylation sites (tertiary alicyclic amines) is 1. The van der Waals surface area contributed by atoms with Gasteiger partial charge in [0.05, 0.1) is 17.9 Å². The second-order valence-corrected chi connectivity index (χ2v) is 5.73. The molecule has 1 aromatic rings. The molecule has 1 aliphatic heterocycles. The van der Waals surface area contributed by atoms with Crippen LogP contribution in [0.15, 0.2) is 24.3 Å². The number of carbonyl (C=O) groups excluding carboxylic acids is 1. The molecule has 110 valence electrons. The van der Waals surface area contributed by atoms with Gasteiger partial charge in [-0.15, -0.1) is 0 Å². The van der Waals surface area contributed by atoms with E-state index in [2.05, 4.69) is 6.07 Å². The Hall–Kier alpha value is -2.35. The number of amides is 1. The highest BCUT2D eigenvalue weighted by molar-refractivity contribution is 5.94. The topological polar surface area (TPSA) is 81.4 Å². The van der Waals surface area contributed by atoms with Gasteiger partial charge < -0.3 is 10.0 Å². The third-order valence-corrected chi connectivity index (χ3v) is 3.98. The van der Waals surface area contributed by atoms with Crippen molar-refractivity contribution in [3.8, 4) is 6.07 Å². The second-order valence-electron chi connectivity index (χ2n) is 5.73. The Morgan fingerprint density at radius 1 is 1.38 bits per heavy atom. The fourth-order valence-electron chi connectivity index (χ4n) is 2.63. The highest BCUT2D eigenvalue weighted by Crippen LogP contribution is 2.30. The molecule has 0 aromatic heterocycles. The number of carbonyl (C=O) groups is 2. The van der Waals surface area contributed by atoms with Crippen LogP contribution in [0.25, 0.3) is 0 Å². The summed E-state index contributed by atoms with van der Waals surface area (Å²) in [6.45, 7) is 2.51. The van der Waals surface area contributed by atoms with Gasteiger partial charge in [-0.25, -0.2) is 0 Å². The molecule has 5 heteroatoms. The summed E-state index contributed by atoms with van der Waals surface area (Å²) in [5.41, 5.74) is 0.531. The summed E-state index contributed by atoms with van der Waals surface area (Å²) in [5.74, 6) is -1.00. The molecule has 1 saturated heterocycles. The number of nitriles is 1. The van der Waals surface area contributed by atoms with Crippen molar-refractivity contribution in [1.29, 1.82) is 5.26 Å². The van der Waals surface area contributed by atoms with E-state index in [0.717, 1.165) is 5.56 Å². The molecule has 1 aliphatic rings. The van der Waals surface area contributed by atoms with Crippen LogP contribution in [0.1, 0.15) is 35.7 Å². The molecule has 0 aliphatic carbocycles. The third kappa shape index (κ3) is 3.22. The van der Waals surface area contributed by atoms with Crippen LogP contribution in [-0.2, 0) is 11.2 Å². The summed E-state index contributed by atoms with van der Waals surface area (Å²) < 4.78 is 0. The Bertz CT molecular complexity index is 589. The molecular formula is C16H18N2O3. The van der Waals surface area contributed by atoms with Crippen molar-refractivity contribution in [2.45, 2.75) is 26.2 Å². The standard InChI is InChI=1S/C16H18N2O3/c1-16(15(20)21)8-2-10-18(11-16)14(19)13-5-3-12(4-6-13)7-9-17/h3-6H,2,7-8,10-11H2,1H3,(H,20,21). The lowest BCUT2D eigenvalue weighted by Gasteiger charge is -2.37. The first kappa shape index (κ1) is 15.0. The van der Waals surface area contributed by atoms with E-state index in [0.29, 0.717) is 31.4 Å². The summed E-state index contributed by atoms with van der Waals surface area (Å²) in [5, 5.41) is 17.9. The average molecular weight is 286 g/mol. The number of rotatable bonds is 3. The lowest BCUT2D eigenvalue weighted by molar-refractivity contribution is -0.150. The summed E-state index contributed by atoms with van der Waals surface area (Å²) >= 11 is 0. The van der Waals surface area contributed by atoms with Crippen molar-refractivity contribution in [2.24, 2.45) is 5.41 Å². The van der Waals surface area contributed by atoms with Gasteiger partial charge in [0.1, 0.15) is 0 Å². The predicted octanol–water partition coefficient (Wildman–Crippen LogP) is 2.08. The van der Waals surface area contributed by atoms with Crippen LogP contribution in [0, 0.1) is 16.7 Å². The lowest BCUT2D eigenvalue weighted by Crippen LogP contribution is -2.48. The number of aliphatic carboxylic acids is 1. The first-order valence-electron chi connectivity index (χ1n) is 6.95. The molecule has 1 aromatic carbocycles. The van der Waals surface area contributed by atoms with E-state index in [-0.39, 0.29) is 12.5 Å². The zero-order valence-electron chi connectivity index (χ0n) is 12.0. The van der Waals surface area contributed by atoms with Gasteiger partial charge in [0, 0.05) is 18.7 Å². The minimum absolute atomic E-state index is 0.148. The van der Waals surface area contributed by atoms with Crippen molar-refractivity contribution in [1.82, 2.24) is 4.90 Å². The highest BCUT2D eigenvalue weighted by Gasteiger charge is 2.39. The van der Waals surface area contributed by atoms with Crippen LogP contribution < -0.4 is 0 Å². The average Bonchev–Trinajstić information content (AvgIpc) is 2.47. The SMILES string of the molecule is CC1(C(=O)O)CCCN(C(=O)c2ccc(CC#N)cc2)C1. The normalized spacial score (nSPS) is 21.6. The maximum Gasteiger partial charge on any atom is 0.311 e. The van der Waals surface area contributed by atoms with Crippen molar-refractivity contribution in [3.05, 3.63) is 35.4 Å². The number of piperidine rings is 1. The van der Waals surface area contributed by atoms with Crippen molar-refractivity contribution >= 4 is 11.9 Å². The smallest absolute Gasteiger partial charge is 0.311 e. The van der Waals surface area contributed by atoms with Crippen LogP contribution in [0.3, 0.4) is 0 Å². The van der Waals surface area contributed by atoms with E-state index >= 15 is 0 Å². The van der Waals surface area contributed by atoms with Gasteiger partial charge in [-0.1, -0.05) is 12.1 Å². The maximum absolute atomic E-state index is 12.4. The zero-order valence-corrected chi connectivity index (χ0v) is 12.0. The molecule has 0 spiro atoms. The molecule has 0 bridgehead atoms. The monoisotopic (exact) mass is 286 g/mol. The Morgan fingerprint density at radius 3 is 2.62 bits per heavy atom. The number of benzene rings is 1. The van der Waals surface area contributed by atoms with E-state index in [1.807, 2.05) is 0 Å². The Labute approximate surface area is 123 Å². The highest BCUT2D eigenvalue weighted by atomic mass is 16.4. The number of nitrogens with zero attached hydrogens (tertiary/aromatic N) is 2. The molecular weight excluding hydrogens is 268 g/mol. The van der Waals surface area contributed by atoms with E-state index in [4.69, 9.17) is 5.26 Å². The first-order valence-corrected chi connectivity index (χ1v) is 6.95. The van der Waals surface area contributed by atoms with Gasteiger partial charge in [-0.2, -0.15) is 5.26 Å². The minimum Gasteiger partial charge on any atom is -0.481 e. The molecule has 5 nitrogen and oxygen atoms in total. The van der Waals surface area contributed by atoms with Gasteiger partial charge in [0.2, 0.25) is 0 Å². The van der Waals surface area contributed by atoms with Gasteiger partial charge in [0.15, 0.2) is 0 Å². The van der Waals surface area contributed by atoms with Gasteiger partial charge in [0.25, 0.3) is 5.91 Å². The van der Waals surface area contributed by atoms with Gasteiger partial charge in [-0.3, -0.25) is 9.59 Å². The minimum atomic E-state index is -0.866. The molecule has 0 radical (unpaired) electrons. The van der Waals surface area contributed by atoms with Gasteiger partial charge >= 0.3 is 5.97 Å². The Morgan fingerprint density at radius 2 is 2.05 bits per heavy atom. The van der Waals surface area contributed by atoms with Gasteiger partial charge in [-0.05, 0) is 37.5 Å².